The lowest BCUT2D eigenvalue weighted by Crippen LogP contribution is -2.38. The molecule has 0 bridgehead atoms. The van der Waals surface area contributed by atoms with E-state index in [1.807, 2.05) is 19.1 Å². The van der Waals surface area contributed by atoms with Gasteiger partial charge in [-0.2, -0.15) is 0 Å². The Balaban J connectivity index is 0.00000484. The summed E-state index contributed by atoms with van der Waals surface area (Å²) in [7, 11) is -3.11. The summed E-state index contributed by atoms with van der Waals surface area (Å²) in [6, 6.07) is 8.16. The van der Waals surface area contributed by atoms with E-state index >= 15 is 0 Å². The molecule has 0 fully saturated rings. The van der Waals surface area contributed by atoms with Gasteiger partial charge in [-0.25, -0.2) is 18.1 Å². The van der Waals surface area contributed by atoms with Gasteiger partial charge in [-0.1, -0.05) is 24.3 Å². The van der Waals surface area contributed by atoms with Crippen LogP contribution < -0.4 is 15.4 Å². The molecular weight excluding hydrogens is 427 g/mol. The molecule has 1 rings (SSSR count). The minimum atomic E-state index is -3.11. The molecule has 0 atom stereocenters. The van der Waals surface area contributed by atoms with Gasteiger partial charge < -0.3 is 10.6 Å². The summed E-state index contributed by atoms with van der Waals surface area (Å²) >= 11 is 0. The molecule has 8 heteroatoms. The summed E-state index contributed by atoms with van der Waals surface area (Å²) in [4.78, 5) is 4.55. The largest absolute Gasteiger partial charge is 0.357 e. The second-order valence-corrected chi connectivity index (χ2v) is 6.90. The van der Waals surface area contributed by atoms with Gasteiger partial charge in [0.2, 0.25) is 10.0 Å². The van der Waals surface area contributed by atoms with Gasteiger partial charge in [0.1, 0.15) is 0 Å². The predicted molar refractivity (Wildman–Crippen MR) is 107 cm³/mol. The molecule has 0 aliphatic heterocycles. The van der Waals surface area contributed by atoms with Crippen molar-refractivity contribution in [2.24, 2.45) is 4.99 Å². The van der Waals surface area contributed by atoms with Crippen LogP contribution in [0.4, 0.5) is 0 Å². The molecule has 1 aromatic rings. The molecule has 0 saturated carbocycles. The number of aliphatic imine (C=N–C) groups is 1. The van der Waals surface area contributed by atoms with Gasteiger partial charge in [-0.3, -0.25) is 0 Å². The van der Waals surface area contributed by atoms with Crippen LogP contribution in [0.3, 0.4) is 0 Å². The fourth-order valence-corrected chi connectivity index (χ4v) is 2.36. The van der Waals surface area contributed by atoms with Crippen molar-refractivity contribution < 1.29 is 8.42 Å². The van der Waals surface area contributed by atoms with Crippen molar-refractivity contribution >= 4 is 40.0 Å². The standard InChI is InChI=1S/C15H26N4O2S.HI/c1-4-16-15(17-10-7-11-19-22(3,20)21)18-12-14-9-6-5-8-13(14)2;/h5-6,8-9,19H,4,7,10-12H2,1-3H3,(H2,16,17,18);1H. The van der Waals surface area contributed by atoms with Crippen molar-refractivity contribution in [3.8, 4) is 0 Å². The number of rotatable bonds is 8. The maximum atomic E-state index is 11.0. The first-order valence-corrected chi connectivity index (χ1v) is 9.33. The van der Waals surface area contributed by atoms with Crippen molar-refractivity contribution in [3.63, 3.8) is 0 Å². The van der Waals surface area contributed by atoms with E-state index in [0.29, 0.717) is 26.1 Å². The molecule has 0 heterocycles. The minimum absolute atomic E-state index is 0. The molecule has 0 aliphatic carbocycles. The number of guanidine groups is 1. The smallest absolute Gasteiger partial charge is 0.208 e. The van der Waals surface area contributed by atoms with Crippen molar-refractivity contribution in [1.82, 2.24) is 15.4 Å². The predicted octanol–water partition coefficient (Wildman–Crippen LogP) is 1.61. The van der Waals surface area contributed by atoms with Crippen LogP contribution in [0.5, 0.6) is 0 Å². The van der Waals surface area contributed by atoms with Crippen LogP contribution in [0.1, 0.15) is 24.5 Å². The van der Waals surface area contributed by atoms with Gasteiger partial charge in [0.25, 0.3) is 0 Å². The van der Waals surface area contributed by atoms with Crippen LogP contribution >= 0.6 is 24.0 Å². The first kappa shape index (κ1) is 22.1. The van der Waals surface area contributed by atoms with E-state index in [9.17, 15) is 8.42 Å². The molecule has 3 N–H and O–H groups in total. The van der Waals surface area contributed by atoms with Crippen LogP contribution in [0.15, 0.2) is 29.3 Å². The Kier molecular flexibility index (Phi) is 11.2. The monoisotopic (exact) mass is 454 g/mol. The Hall–Kier alpha value is -0.870. The molecule has 0 radical (unpaired) electrons. The number of nitrogens with zero attached hydrogens (tertiary/aromatic N) is 1. The average Bonchev–Trinajstić information content (AvgIpc) is 2.44. The van der Waals surface area contributed by atoms with Crippen LogP contribution in [0, 0.1) is 6.92 Å². The summed E-state index contributed by atoms with van der Waals surface area (Å²) < 4.78 is 24.4. The van der Waals surface area contributed by atoms with E-state index in [1.54, 1.807) is 0 Å². The lowest BCUT2D eigenvalue weighted by atomic mass is 10.1. The topological polar surface area (TPSA) is 82.6 Å². The molecule has 0 amide bonds. The highest BCUT2D eigenvalue weighted by molar-refractivity contribution is 14.0. The number of sulfonamides is 1. The molecule has 0 unspecified atom stereocenters. The third-order valence-corrected chi connectivity index (χ3v) is 3.75. The van der Waals surface area contributed by atoms with Gasteiger partial charge in [0, 0.05) is 19.6 Å². The summed E-state index contributed by atoms with van der Waals surface area (Å²) in [6.45, 7) is 6.55. The number of benzene rings is 1. The Morgan fingerprint density at radius 2 is 1.87 bits per heavy atom. The number of hydrogen-bond donors (Lipinski definition) is 3. The summed E-state index contributed by atoms with van der Waals surface area (Å²) in [5.74, 6) is 0.741. The molecule has 0 aliphatic rings. The van der Waals surface area contributed by atoms with E-state index in [1.165, 1.54) is 11.1 Å². The van der Waals surface area contributed by atoms with Crippen LogP contribution in [-0.2, 0) is 16.6 Å². The number of halogens is 1. The number of hydrogen-bond acceptors (Lipinski definition) is 3. The van der Waals surface area contributed by atoms with Crippen LogP contribution in [0.25, 0.3) is 0 Å². The zero-order valence-corrected chi connectivity index (χ0v) is 17.1. The first-order valence-electron chi connectivity index (χ1n) is 7.43. The first-order chi connectivity index (χ1) is 10.4. The van der Waals surface area contributed by atoms with E-state index in [2.05, 4.69) is 39.4 Å². The van der Waals surface area contributed by atoms with Crippen molar-refractivity contribution in [3.05, 3.63) is 35.4 Å². The molecule has 132 valence electrons. The van der Waals surface area contributed by atoms with Crippen molar-refractivity contribution in [2.45, 2.75) is 26.8 Å². The number of nitrogens with one attached hydrogen (secondary N) is 3. The Labute approximate surface area is 156 Å². The van der Waals surface area contributed by atoms with Gasteiger partial charge in [-0.15, -0.1) is 24.0 Å². The summed E-state index contributed by atoms with van der Waals surface area (Å²) in [6.07, 6.45) is 1.86. The molecule has 23 heavy (non-hydrogen) atoms. The zero-order chi connectivity index (χ0) is 16.4. The molecular formula is C15H27IN4O2S. The summed E-state index contributed by atoms with van der Waals surface area (Å²) in [5, 5.41) is 6.38. The van der Waals surface area contributed by atoms with Gasteiger partial charge in [-0.05, 0) is 31.4 Å². The van der Waals surface area contributed by atoms with E-state index in [4.69, 9.17) is 0 Å². The van der Waals surface area contributed by atoms with Crippen LogP contribution in [0.2, 0.25) is 0 Å². The summed E-state index contributed by atoms with van der Waals surface area (Å²) in [5.41, 5.74) is 2.41. The SMILES string of the molecule is CCNC(=NCc1ccccc1C)NCCCNS(C)(=O)=O.I. The highest BCUT2D eigenvalue weighted by atomic mass is 127. The second kappa shape index (κ2) is 11.6. The highest BCUT2D eigenvalue weighted by Crippen LogP contribution is 2.07. The van der Waals surface area contributed by atoms with Gasteiger partial charge in [0.15, 0.2) is 5.96 Å². The van der Waals surface area contributed by atoms with Gasteiger partial charge >= 0.3 is 0 Å². The molecule has 1 aromatic carbocycles. The maximum Gasteiger partial charge on any atom is 0.208 e. The quantitative estimate of drug-likeness (QED) is 0.241. The van der Waals surface area contributed by atoms with Crippen molar-refractivity contribution in [1.29, 1.82) is 0 Å². The fraction of sp³-hybridized carbons (Fsp3) is 0.533. The Morgan fingerprint density at radius 3 is 2.48 bits per heavy atom. The molecule has 0 aromatic heterocycles. The van der Waals surface area contributed by atoms with Crippen molar-refractivity contribution in [2.75, 3.05) is 25.9 Å². The lowest BCUT2D eigenvalue weighted by Gasteiger charge is -2.11. The van der Waals surface area contributed by atoms with E-state index in [0.717, 1.165) is 18.8 Å². The Bertz CT molecular complexity index is 591. The third-order valence-electron chi connectivity index (χ3n) is 3.02. The van der Waals surface area contributed by atoms with E-state index in [-0.39, 0.29) is 24.0 Å². The average molecular weight is 454 g/mol. The highest BCUT2D eigenvalue weighted by Gasteiger charge is 2.01. The zero-order valence-electron chi connectivity index (χ0n) is 13.9. The maximum absolute atomic E-state index is 11.0. The lowest BCUT2D eigenvalue weighted by molar-refractivity contribution is 0.584. The van der Waals surface area contributed by atoms with Crippen LogP contribution in [-0.4, -0.2) is 40.3 Å². The van der Waals surface area contributed by atoms with Gasteiger partial charge in [0.05, 0.1) is 12.8 Å². The Morgan fingerprint density at radius 1 is 1.17 bits per heavy atom. The fourth-order valence-electron chi connectivity index (χ4n) is 1.85. The second-order valence-electron chi connectivity index (χ2n) is 5.07. The molecule has 6 nitrogen and oxygen atoms in total. The molecule has 0 saturated heterocycles. The normalized spacial score (nSPS) is 11.7. The number of aryl methyl sites for hydroxylation is 1. The van der Waals surface area contributed by atoms with E-state index < -0.39 is 10.0 Å². The minimum Gasteiger partial charge on any atom is -0.357 e. The molecule has 0 spiro atoms. The third kappa shape index (κ3) is 10.5.